The first-order valence-electron chi connectivity index (χ1n) is 8.07. The average molecular weight is 591 g/mol. The summed E-state index contributed by atoms with van der Waals surface area (Å²) in [6.45, 7) is 2.67. The lowest BCUT2D eigenvalue weighted by Gasteiger charge is -2.43. The molecule has 1 aliphatic heterocycles. The number of alkyl halides is 4. The molecule has 1 rings (SSSR count). The molecule has 5 atom stereocenters. The van der Waals surface area contributed by atoms with E-state index in [0.717, 1.165) is 13.8 Å². The second-order valence-electron chi connectivity index (χ2n) is 5.84. The molecule has 0 aliphatic carbocycles. The van der Waals surface area contributed by atoms with Crippen LogP contribution in [-0.4, -0.2) is 69.5 Å². The monoisotopic (exact) mass is 589 g/mol. The van der Waals surface area contributed by atoms with Crippen LogP contribution in [0.2, 0.25) is 0 Å². The summed E-state index contributed by atoms with van der Waals surface area (Å²) in [5, 5.41) is 2.44. The fraction of sp³-hybridized carbons (Fsp3) is 0.733. The first kappa shape index (κ1) is 26.3. The van der Waals surface area contributed by atoms with Crippen LogP contribution in [0.15, 0.2) is 0 Å². The van der Waals surface area contributed by atoms with Gasteiger partial charge in [-0.25, -0.2) is 4.79 Å². The van der Waals surface area contributed by atoms with Crippen molar-refractivity contribution in [2.24, 2.45) is 0 Å². The lowest BCUT2D eigenvalue weighted by Crippen LogP contribution is -2.64. The average Bonchev–Trinajstić information content (AvgIpc) is 2.55. The number of rotatable bonds is 6. The molecular weight excluding hydrogens is 571 g/mol. The first-order valence-corrected chi connectivity index (χ1v) is 10.5. The van der Waals surface area contributed by atoms with Gasteiger partial charge in [0, 0.05) is 20.8 Å². The number of hydrogen-bond donors (Lipinski definition) is 1. The minimum atomic E-state index is -1.82. The van der Waals surface area contributed by atoms with Gasteiger partial charge in [0.05, 0.1) is 0 Å². The molecule has 0 aromatic heterocycles. The minimum absolute atomic E-state index is 0.269. The molecule has 1 N–H and O–H groups in total. The fourth-order valence-electron chi connectivity index (χ4n) is 2.37. The van der Waals surface area contributed by atoms with E-state index in [1.165, 1.54) is 6.92 Å². The molecule has 0 saturated carbocycles. The summed E-state index contributed by atoms with van der Waals surface area (Å²) in [6.07, 6.45) is -4.29. The van der Waals surface area contributed by atoms with Crippen LogP contribution in [-0.2, 0) is 38.1 Å². The topological polar surface area (TPSA) is 126 Å². The SMILES string of the molecule is CC(=O)OCC1O[C@H](I)C(NC(=O)OCC(Cl)(Cl)Cl)C(OC(C)=O)[C@@H]1OC(C)=O. The maximum atomic E-state index is 12.1. The molecule has 1 amide bonds. The highest BCUT2D eigenvalue weighted by atomic mass is 127. The Morgan fingerprint density at radius 1 is 0.966 bits per heavy atom. The highest BCUT2D eigenvalue weighted by Crippen LogP contribution is 2.30. The largest absolute Gasteiger partial charge is 0.463 e. The van der Waals surface area contributed by atoms with Crippen LogP contribution in [0.5, 0.6) is 0 Å². The van der Waals surface area contributed by atoms with Crippen molar-refractivity contribution in [2.75, 3.05) is 13.2 Å². The molecule has 0 bridgehead atoms. The molecule has 1 fully saturated rings. The van der Waals surface area contributed by atoms with Crippen molar-refractivity contribution in [2.45, 2.75) is 53.0 Å². The van der Waals surface area contributed by atoms with E-state index in [1.54, 1.807) is 0 Å². The van der Waals surface area contributed by atoms with Gasteiger partial charge in [0.15, 0.2) is 12.2 Å². The standard InChI is InChI=1S/C15H19Cl3INO9/c1-6(21)25-4-9-11(27-7(2)22)12(28-8(3)23)10(13(19)29-9)20-14(24)26-5-15(16,17)18/h9-13H,4-5H2,1-3H3,(H,20,24)/t9?,10?,11-,12?,13+/m1/s1. The van der Waals surface area contributed by atoms with Crippen LogP contribution < -0.4 is 5.32 Å². The van der Waals surface area contributed by atoms with Gasteiger partial charge in [-0.05, 0) is 22.6 Å². The zero-order valence-corrected chi connectivity index (χ0v) is 19.9. The van der Waals surface area contributed by atoms with Crippen LogP contribution >= 0.6 is 57.4 Å². The molecule has 1 aliphatic rings. The van der Waals surface area contributed by atoms with Gasteiger partial charge in [0.1, 0.15) is 29.5 Å². The number of alkyl carbamates (subject to hydrolysis) is 1. The normalized spacial score (nSPS) is 26.8. The predicted molar refractivity (Wildman–Crippen MR) is 109 cm³/mol. The first-order chi connectivity index (χ1) is 13.3. The number of esters is 3. The third-order valence-corrected chi connectivity index (χ3v) is 4.73. The van der Waals surface area contributed by atoms with Gasteiger partial charge in [0.25, 0.3) is 0 Å². The van der Waals surface area contributed by atoms with Gasteiger partial charge in [-0.2, -0.15) is 0 Å². The second-order valence-corrected chi connectivity index (χ2v) is 9.58. The van der Waals surface area contributed by atoms with E-state index in [4.69, 9.17) is 58.5 Å². The number of nitrogens with one attached hydrogen (secondary N) is 1. The molecule has 0 spiro atoms. The van der Waals surface area contributed by atoms with Crippen molar-refractivity contribution in [3.63, 3.8) is 0 Å². The Bertz CT molecular complexity index is 631. The smallest absolute Gasteiger partial charge is 0.407 e. The van der Waals surface area contributed by atoms with Crippen molar-refractivity contribution in [1.82, 2.24) is 5.32 Å². The van der Waals surface area contributed by atoms with Gasteiger partial charge >= 0.3 is 24.0 Å². The summed E-state index contributed by atoms with van der Waals surface area (Å²) in [7, 11) is 0. The fourth-order valence-corrected chi connectivity index (χ4v) is 3.50. The molecule has 1 heterocycles. The van der Waals surface area contributed by atoms with E-state index < -0.39 is 62.9 Å². The van der Waals surface area contributed by atoms with Crippen molar-refractivity contribution in [1.29, 1.82) is 0 Å². The van der Waals surface area contributed by atoms with Crippen LogP contribution in [0.25, 0.3) is 0 Å². The van der Waals surface area contributed by atoms with Crippen LogP contribution in [0, 0.1) is 0 Å². The van der Waals surface area contributed by atoms with Crippen molar-refractivity contribution < 1.29 is 42.9 Å². The molecule has 1 saturated heterocycles. The number of carbonyl (C=O) groups excluding carboxylic acids is 4. The Kier molecular flexibility index (Phi) is 10.5. The Labute approximate surface area is 195 Å². The maximum Gasteiger partial charge on any atom is 0.407 e. The Hall–Kier alpha value is -0.760. The quantitative estimate of drug-likeness (QED) is 0.214. The van der Waals surface area contributed by atoms with Gasteiger partial charge in [-0.3, -0.25) is 14.4 Å². The van der Waals surface area contributed by atoms with Crippen LogP contribution in [0.4, 0.5) is 4.79 Å². The summed E-state index contributed by atoms with van der Waals surface area (Å²) in [4.78, 5) is 46.4. The summed E-state index contributed by atoms with van der Waals surface area (Å²) >= 11 is 18.4. The number of ether oxygens (including phenoxy) is 5. The molecular formula is C15H19Cl3INO9. The van der Waals surface area contributed by atoms with E-state index in [0.29, 0.717) is 0 Å². The van der Waals surface area contributed by atoms with Crippen LogP contribution in [0.3, 0.4) is 0 Å². The Morgan fingerprint density at radius 3 is 2.00 bits per heavy atom. The number of hydrogen-bond acceptors (Lipinski definition) is 9. The Balaban J connectivity index is 3.06. The Morgan fingerprint density at radius 2 is 1.52 bits per heavy atom. The number of halogens is 4. The van der Waals surface area contributed by atoms with E-state index in [1.807, 2.05) is 22.6 Å². The lowest BCUT2D eigenvalue weighted by molar-refractivity contribution is -0.209. The van der Waals surface area contributed by atoms with Gasteiger partial charge < -0.3 is 29.0 Å². The zero-order valence-electron chi connectivity index (χ0n) is 15.5. The van der Waals surface area contributed by atoms with E-state index in [2.05, 4.69) is 5.32 Å². The van der Waals surface area contributed by atoms with E-state index in [9.17, 15) is 19.2 Å². The molecule has 0 radical (unpaired) electrons. The molecule has 0 aromatic carbocycles. The second kappa shape index (κ2) is 11.6. The third kappa shape index (κ3) is 9.73. The summed E-state index contributed by atoms with van der Waals surface area (Å²) in [5.74, 6) is -1.99. The maximum absolute atomic E-state index is 12.1. The van der Waals surface area contributed by atoms with Crippen molar-refractivity contribution in [3.05, 3.63) is 0 Å². The summed E-state index contributed by atoms with van der Waals surface area (Å²) < 4.78 is 23.4. The van der Waals surface area contributed by atoms with Crippen LogP contribution in [0.1, 0.15) is 20.8 Å². The molecule has 10 nitrogen and oxygen atoms in total. The van der Waals surface area contributed by atoms with Gasteiger partial charge in [0.2, 0.25) is 3.79 Å². The van der Waals surface area contributed by atoms with Crippen molar-refractivity contribution in [3.8, 4) is 0 Å². The summed E-state index contributed by atoms with van der Waals surface area (Å²) in [5.41, 5.74) is 0. The lowest BCUT2D eigenvalue weighted by atomic mass is 9.97. The third-order valence-electron chi connectivity index (χ3n) is 3.34. The molecule has 3 unspecified atom stereocenters. The molecule has 29 heavy (non-hydrogen) atoms. The van der Waals surface area contributed by atoms with E-state index >= 15 is 0 Å². The van der Waals surface area contributed by atoms with E-state index in [-0.39, 0.29) is 6.61 Å². The number of carbonyl (C=O) groups is 4. The predicted octanol–water partition coefficient (Wildman–Crippen LogP) is 2.04. The minimum Gasteiger partial charge on any atom is -0.463 e. The molecule has 166 valence electrons. The summed E-state index contributed by atoms with van der Waals surface area (Å²) in [6, 6.07) is -1.000. The highest BCUT2D eigenvalue weighted by Gasteiger charge is 2.50. The zero-order chi connectivity index (χ0) is 22.4. The van der Waals surface area contributed by atoms with Crippen molar-refractivity contribution >= 4 is 81.4 Å². The van der Waals surface area contributed by atoms with Gasteiger partial charge in [-0.15, -0.1) is 0 Å². The number of amides is 1. The molecule has 14 heteroatoms. The molecule has 0 aromatic rings. The van der Waals surface area contributed by atoms with Gasteiger partial charge in [-0.1, -0.05) is 34.8 Å². The highest BCUT2D eigenvalue weighted by molar-refractivity contribution is 14.1.